The lowest BCUT2D eigenvalue weighted by Crippen LogP contribution is -2.47. The van der Waals surface area contributed by atoms with Crippen molar-refractivity contribution in [3.05, 3.63) is 61.3 Å². The van der Waals surface area contributed by atoms with Crippen LogP contribution in [0, 0.1) is 5.82 Å². The van der Waals surface area contributed by atoms with Gasteiger partial charge in [-0.15, -0.1) is 11.3 Å². The first kappa shape index (κ1) is 20.8. The summed E-state index contributed by atoms with van der Waals surface area (Å²) in [5.74, 6) is -0.782. The number of amides is 1. The molecule has 0 spiro atoms. The number of hydrogen-bond acceptors (Lipinski definition) is 4. The van der Waals surface area contributed by atoms with Gasteiger partial charge in [-0.2, -0.15) is 0 Å². The van der Waals surface area contributed by atoms with Crippen molar-refractivity contribution < 1.29 is 9.18 Å². The van der Waals surface area contributed by atoms with Gasteiger partial charge in [0, 0.05) is 12.6 Å². The van der Waals surface area contributed by atoms with E-state index in [1.165, 1.54) is 28.0 Å². The Kier molecular flexibility index (Phi) is 5.79. The van der Waals surface area contributed by atoms with Crippen molar-refractivity contribution in [1.82, 2.24) is 14.0 Å². The molecule has 0 aliphatic carbocycles. The highest BCUT2D eigenvalue weighted by Crippen LogP contribution is 2.22. The maximum Gasteiger partial charge on any atom is 0.336 e. The van der Waals surface area contributed by atoms with Crippen LogP contribution in [0.1, 0.15) is 32.6 Å². The van der Waals surface area contributed by atoms with Crippen LogP contribution in [0.25, 0.3) is 15.9 Å². The number of carbonyl (C=O) groups excluding carboxylic acids is 1. The number of piperidine rings is 1. The van der Waals surface area contributed by atoms with Crippen LogP contribution >= 0.6 is 22.9 Å². The van der Waals surface area contributed by atoms with Crippen LogP contribution in [0.5, 0.6) is 0 Å². The second-order valence-electron chi connectivity index (χ2n) is 7.39. The normalized spacial score (nSPS) is 16.9. The summed E-state index contributed by atoms with van der Waals surface area (Å²) in [6, 6.07) is 5.51. The Balaban J connectivity index is 1.83. The predicted octanol–water partition coefficient (Wildman–Crippen LogP) is 3.80. The van der Waals surface area contributed by atoms with Gasteiger partial charge in [-0.1, -0.05) is 18.5 Å². The molecule has 9 heteroatoms. The molecular formula is C21H21ClFN3O3S. The molecule has 4 rings (SSSR count). The second-order valence-corrected chi connectivity index (χ2v) is 8.71. The van der Waals surface area contributed by atoms with E-state index in [9.17, 15) is 18.8 Å². The number of aromatic nitrogens is 2. The molecule has 0 bridgehead atoms. The van der Waals surface area contributed by atoms with Gasteiger partial charge in [0.15, 0.2) is 0 Å². The van der Waals surface area contributed by atoms with Gasteiger partial charge in [0.25, 0.3) is 5.56 Å². The molecule has 1 amide bonds. The van der Waals surface area contributed by atoms with Gasteiger partial charge in [0.05, 0.1) is 16.2 Å². The average molecular weight is 450 g/mol. The van der Waals surface area contributed by atoms with E-state index in [0.717, 1.165) is 36.3 Å². The summed E-state index contributed by atoms with van der Waals surface area (Å²) in [7, 11) is 0. The Labute approximate surface area is 181 Å². The van der Waals surface area contributed by atoms with Gasteiger partial charge in [0.1, 0.15) is 17.1 Å². The zero-order chi connectivity index (χ0) is 21.4. The van der Waals surface area contributed by atoms with Gasteiger partial charge in [-0.05, 0) is 55.3 Å². The summed E-state index contributed by atoms with van der Waals surface area (Å²) in [6.07, 6.45) is 3.85. The number of nitrogens with zero attached hydrogens (tertiary/aromatic N) is 3. The minimum atomic E-state index is -0.646. The van der Waals surface area contributed by atoms with E-state index >= 15 is 0 Å². The van der Waals surface area contributed by atoms with Crippen molar-refractivity contribution in [2.45, 2.75) is 45.2 Å². The van der Waals surface area contributed by atoms with Crippen molar-refractivity contribution in [3.63, 3.8) is 0 Å². The molecule has 0 saturated carbocycles. The molecule has 1 aliphatic heterocycles. The molecule has 1 aromatic carbocycles. The topological polar surface area (TPSA) is 64.3 Å². The molecule has 30 heavy (non-hydrogen) atoms. The van der Waals surface area contributed by atoms with Crippen LogP contribution in [0.3, 0.4) is 0 Å². The Morgan fingerprint density at radius 2 is 2.07 bits per heavy atom. The van der Waals surface area contributed by atoms with E-state index in [4.69, 9.17) is 11.6 Å². The van der Waals surface area contributed by atoms with Crippen LogP contribution in [0.15, 0.2) is 39.2 Å². The monoisotopic (exact) mass is 449 g/mol. The SMILES string of the molecule is CCC1CCCCN1C(=O)Cn1c(=O)n(-c2ccc(F)c(Cl)c2)c(=O)c2sccc21. The van der Waals surface area contributed by atoms with Crippen molar-refractivity contribution >= 4 is 39.1 Å². The zero-order valence-electron chi connectivity index (χ0n) is 16.4. The minimum absolute atomic E-state index is 0.140. The number of benzene rings is 1. The third kappa shape index (κ3) is 3.58. The number of fused-ring (bicyclic) bond motifs is 1. The van der Waals surface area contributed by atoms with Crippen molar-refractivity contribution in [2.75, 3.05) is 6.54 Å². The molecule has 1 saturated heterocycles. The summed E-state index contributed by atoms with van der Waals surface area (Å²) < 4.78 is 16.2. The summed E-state index contributed by atoms with van der Waals surface area (Å²) in [4.78, 5) is 41.2. The van der Waals surface area contributed by atoms with Gasteiger partial charge in [0.2, 0.25) is 5.91 Å². The van der Waals surface area contributed by atoms with Crippen molar-refractivity contribution in [3.8, 4) is 5.69 Å². The number of likely N-dealkylation sites (tertiary alicyclic amines) is 1. The highest BCUT2D eigenvalue weighted by Gasteiger charge is 2.27. The molecule has 1 aliphatic rings. The second kappa shape index (κ2) is 8.35. The molecule has 158 valence electrons. The van der Waals surface area contributed by atoms with Crippen LogP contribution in [-0.2, 0) is 11.3 Å². The molecule has 0 radical (unpaired) electrons. The number of thiophene rings is 1. The summed E-state index contributed by atoms with van der Waals surface area (Å²) >= 11 is 7.06. The molecule has 2 aromatic heterocycles. The lowest BCUT2D eigenvalue weighted by Gasteiger charge is -2.35. The standard InChI is InChI=1S/C21H21ClFN3O3S/c1-2-13-5-3-4-9-24(13)18(27)12-25-17-8-10-30-19(17)20(28)26(21(25)29)14-6-7-16(23)15(22)11-14/h6-8,10-11,13H,2-5,9,12H2,1H3. The van der Waals surface area contributed by atoms with Gasteiger partial charge in [-0.3, -0.25) is 14.2 Å². The number of halogens is 2. The Hall–Kier alpha value is -2.45. The van der Waals surface area contributed by atoms with E-state index in [1.807, 2.05) is 4.90 Å². The molecule has 1 atom stereocenters. The molecular weight excluding hydrogens is 429 g/mol. The van der Waals surface area contributed by atoms with Crippen LogP contribution in [0.2, 0.25) is 5.02 Å². The molecule has 0 N–H and O–H groups in total. The maximum atomic E-state index is 13.6. The first-order chi connectivity index (χ1) is 14.4. The van der Waals surface area contributed by atoms with Crippen LogP contribution < -0.4 is 11.2 Å². The quantitative estimate of drug-likeness (QED) is 0.608. The smallest absolute Gasteiger partial charge is 0.336 e. The van der Waals surface area contributed by atoms with Gasteiger partial charge in [-0.25, -0.2) is 13.8 Å². The first-order valence-electron chi connectivity index (χ1n) is 9.90. The van der Waals surface area contributed by atoms with E-state index in [0.29, 0.717) is 16.8 Å². The third-order valence-electron chi connectivity index (χ3n) is 5.63. The van der Waals surface area contributed by atoms with Crippen molar-refractivity contribution in [1.29, 1.82) is 0 Å². The van der Waals surface area contributed by atoms with E-state index in [-0.39, 0.29) is 29.2 Å². The molecule has 3 aromatic rings. The largest absolute Gasteiger partial charge is 0.338 e. The van der Waals surface area contributed by atoms with E-state index in [1.54, 1.807) is 11.4 Å². The Morgan fingerprint density at radius 3 is 2.80 bits per heavy atom. The average Bonchev–Trinajstić information content (AvgIpc) is 3.23. The van der Waals surface area contributed by atoms with Gasteiger partial charge >= 0.3 is 5.69 Å². The van der Waals surface area contributed by atoms with Crippen LogP contribution in [0.4, 0.5) is 4.39 Å². The van der Waals surface area contributed by atoms with Crippen molar-refractivity contribution in [2.24, 2.45) is 0 Å². The predicted molar refractivity (Wildman–Crippen MR) is 116 cm³/mol. The third-order valence-corrected chi connectivity index (χ3v) is 6.81. The lowest BCUT2D eigenvalue weighted by molar-refractivity contribution is -0.135. The summed E-state index contributed by atoms with van der Waals surface area (Å²) in [5.41, 5.74) is -0.567. The summed E-state index contributed by atoms with van der Waals surface area (Å²) in [6.45, 7) is 2.57. The number of carbonyl (C=O) groups is 1. The van der Waals surface area contributed by atoms with Gasteiger partial charge < -0.3 is 4.90 Å². The fourth-order valence-electron chi connectivity index (χ4n) is 4.07. The molecule has 1 unspecified atom stereocenters. The van der Waals surface area contributed by atoms with E-state index < -0.39 is 17.1 Å². The van der Waals surface area contributed by atoms with Crippen LogP contribution in [-0.4, -0.2) is 32.5 Å². The zero-order valence-corrected chi connectivity index (χ0v) is 18.0. The maximum absolute atomic E-state index is 13.6. The molecule has 3 heterocycles. The molecule has 1 fully saturated rings. The minimum Gasteiger partial charge on any atom is -0.338 e. The lowest BCUT2D eigenvalue weighted by atomic mass is 10.00. The highest BCUT2D eigenvalue weighted by molar-refractivity contribution is 7.17. The number of rotatable bonds is 4. The fourth-order valence-corrected chi connectivity index (χ4v) is 5.07. The fraction of sp³-hybridized carbons (Fsp3) is 0.381. The summed E-state index contributed by atoms with van der Waals surface area (Å²) in [5, 5.41) is 1.52. The Morgan fingerprint density at radius 1 is 1.27 bits per heavy atom. The molecule has 6 nitrogen and oxygen atoms in total. The van der Waals surface area contributed by atoms with E-state index in [2.05, 4.69) is 6.92 Å². The Bertz CT molecular complexity index is 1230. The first-order valence-corrected chi connectivity index (χ1v) is 11.2. The number of hydrogen-bond donors (Lipinski definition) is 0. The highest BCUT2D eigenvalue weighted by atomic mass is 35.5.